The highest BCUT2D eigenvalue weighted by atomic mass is 16.7. The molecule has 1 aromatic rings. The van der Waals surface area contributed by atoms with Gasteiger partial charge >= 0.3 is 5.97 Å². The van der Waals surface area contributed by atoms with E-state index >= 15 is 0 Å². The molecule has 112 valence electrons. The predicted molar refractivity (Wildman–Crippen MR) is 74.8 cm³/mol. The van der Waals surface area contributed by atoms with E-state index in [4.69, 9.17) is 14.2 Å². The number of amides is 1. The predicted octanol–water partition coefficient (Wildman–Crippen LogP) is 1.54. The Hall–Kier alpha value is -2.50. The maximum atomic E-state index is 11.8. The molecule has 21 heavy (non-hydrogen) atoms. The minimum Gasteiger partial charge on any atom is -0.454 e. The molecular weight excluding hydrogens is 274 g/mol. The summed E-state index contributed by atoms with van der Waals surface area (Å²) in [7, 11) is 0. The van der Waals surface area contributed by atoms with Crippen molar-refractivity contribution in [3.8, 4) is 11.5 Å². The lowest BCUT2D eigenvalue weighted by Crippen LogP contribution is -2.35. The van der Waals surface area contributed by atoms with Gasteiger partial charge in [0.1, 0.15) is 0 Å². The van der Waals surface area contributed by atoms with Crippen LogP contribution >= 0.6 is 0 Å². The van der Waals surface area contributed by atoms with Crippen LogP contribution in [0.25, 0.3) is 0 Å². The molecule has 1 heterocycles. The van der Waals surface area contributed by atoms with Crippen molar-refractivity contribution in [3.05, 3.63) is 35.9 Å². The van der Waals surface area contributed by atoms with E-state index in [1.54, 1.807) is 25.1 Å². The summed E-state index contributed by atoms with van der Waals surface area (Å²) in [6.07, 6.45) is 1.98. The second-order valence-corrected chi connectivity index (χ2v) is 4.48. The molecule has 0 bridgehead atoms. The molecule has 1 amide bonds. The quantitative estimate of drug-likeness (QED) is 0.658. The summed E-state index contributed by atoms with van der Waals surface area (Å²) >= 11 is 0. The Morgan fingerprint density at radius 2 is 2.14 bits per heavy atom. The molecule has 1 aliphatic rings. The van der Waals surface area contributed by atoms with Crippen molar-refractivity contribution in [3.63, 3.8) is 0 Å². The smallest absolute Gasteiger partial charge is 0.331 e. The summed E-state index contributed by atoms with van der Waals surface area (Å²) in [6, 6.07) is 5.43. The Bertz CT molecular complexity index is 567. The first-order valence-electron chi connectivity index (χ1n) is 6.59. The van der Waals surface area contributed by atoms with Crippen molar-refractivity contribution in [2.75, 3.05) is 6.79 Å². The van der Waals surface area contributed by atoms with Gasteiger partial charge in [-0.3, -0.25) is 4.79 Å². The van der Waals surface area contributed by atoms with Crippen molar-refractivity contribution in [1.29, 1.82) is 0 Å². The first kappa shape index (κ1) is 14.9. The molecule has 0 aromatic heterocycles. The zero-order valence-electron chi connectivity index (χ0n) is 11.9. The highest BCUT2D eigenvalue weighted by molar-refractivity contribution is 5.87. The second-order valence-electron chi connectivity index (χ2n) is 4.48. The fourth-order valence-corrected chi connectivity index (χ4v) is 1.79. The Labute approximate surface area is 122 Å². The van der Waals surface area contributed by atoms with Gasteiger partial charge in [-0.25, -0.2) is 4.79 Å². The van der Waals surface area contributed by atoms with Gasteiger partial charge in [-0.15, -0.1) is 0 Å². The lowest BCUT2D eigenvalue weighted by Gasteiger charge is -2.12. The minimum atomic E-state index is -0.845. The first-order chi connectivity index (χ1) is 10.1. The molecule has 0 spiro atoms. The summed E-state index contributed by atoms with van der Waals surface area (Å²) in [5.74, 6) is 0.460. The topological polar surface area (TPSA) is 73.9 Å². The summed E-state index contributed by atoms with van der Waals surface area (Å²) in [4.78, 5) is 23.1. The zero-order chi connectivity index (χ0) is 15.2. The Morgan fingerprint density at radius 3 is 2.90 bits per heavy atom. The second kappa shape index (κ2) is 6.78. The monoisotopic (exact) mass is 291 g/mol. The number of allylic oxidation sites excluding steroid dienone is 1. The number of hydrogen-bond donors (Lipinski definition) is 1. The maximum absolute atomic E-state index is 11.8. The van der Waals surface area contributed by atoms with Crippen LogP contribution in [0, 0.1) is 0 Å². The SMILES string of the molecule is C/C=C/C(=O)OC(C)C(=O)NCc1ccc2c(c1)OCO2. The van der Waals surface area contributed by atoms with Gasteiger partial charge in [0.25, 0.3) is 5.91 Å². The van der Waals surface area contributed by atoms with Gasteiger partial charge < -0.3 is 19.5 Å². The third-order valence-corrected chi connectivity index (χ3v) is 2.87. The van der Waals surface area contributed by atoms with E-state index in [9.17, 15) is 9.59 Å². The fourth-order valence-electron chi connectivity index (χ4n) is 1.79. The molecule has 2 rings (SSSR count). The van der Waals surface area contributed by atoms with E-state index in [1.807, 2.05) is 6.07 Å². The molecule has 1 N–H and O–H groups in total. The molecule has 0 saturated heterocycles. The molecule has 0 radical (unpaired) electrons. The Balaban J connectivity index is 1.84. The highest BCUT2D eigenvalue weighted by Crippen LogP contribution is 2.32. The molecule has 6 nitrogen and oxygen atoms in total. The van der Waals surface area contributed by atoms with E-state index in [0.29, 0.717) is 18.0 Å². The maximum Gasteiger partial charge on any atom is 0.331 e. The van der Waals surface area contributed by atoms with Crippen molar-refractivity contribution in [2.24, 2.45) is 0 Å². The van der Waals surface area contributed by atoms with Gasteiger partial charge in [0.2, 0.25) is 6.79 Å². The van der Waals surface area contributed by atoms with Gasteiger partial charge in [0, 0.05) is 12.6 Å². The van der Waals surface area contributed by atoms with E-state index in [2.05, 4.69) is 5.32 Å². The third-order valence-electron chi connectivity index (χ3n) is 2.87. The normalized spacial score (nSPS) is 14.0. The van der Waals surface area contributed by atoms with E-state index in [1.165, 1.54) is 13.0 Å². The van der Waals surface area contributed by atoms with E-state index in [-0.39, 0.29) is 12.7 Å². The number of rotatable bonds is 5. The number of ether oxygens (including phenoxy) is 3. The molecule has 1 aromatic carbocycles. The van der Waals surface area contributed by atoms with Gasteiger partial charge in [0.05, 0.1) is 0 Å². The number of benzene rings is 1. The number of hydrogen-bond acceptors (Lipinski definition) is 5. The number of nitrogens with one attached hydrogen (secondary N) is 1. The van der Waals surface area contributed by atoms with Crippen molar-refractivity contribution < 1.29 is 23.8 Å². The molecule has 1 atom stereocenters. The highest BCUT2D eigenvalue weighted by Gasteiger charge is 2.17. The molecule has 1 unspecified atom stereocenters. The number of carbonyl (C=O) groups excluding carboxylic acids is 2. The lowest BCUT2D eigenvalue weighted by molar-refractivity contribution is -0.150. The van der Waals surface area contributed by atoms with Crippen LogP contribution in [0.2, 0.25) is 0 Å². The minimum absolute atomic E-state index is 0.211. The van der Waals surface area contributed by atoms with Crippen LogP contribution in [0.5, 0.6) is 11.5 Å². The zero-order valence-corrected chi connectivity index (χ0v) is 11.9. The van der Waals surface area contributed by atoms with Crippen LogP contribution in [0.15, 0.2) is 30.4 Å². The van der Waals surface area contributed by atoms with Gasteiger partial charge in [0.15, 0.2) is 17.6 Å². The van der Waals surface area contributed by atoms with Crippen LogP contribution in [-0.2, 0) is 20.9 Å². The Kier molecular flexibility index (Phi) is 4.81. The van der Waals surface area contributed by atoms with Crippen molar-refractivity contribution in [1.82, 2.24) is 5.32 Å². The third kappa shape index (κ3) is 3.98. The number of fused-ring (bicyclic) bond motifs is 1. The molecule has 0 fully saturated rings. The number of carbonyl (C=O) groups is 2. The van der Waals surface area contributed by atoms with Crippen molar-refractivity contribution in [2.45, 2.75) is 26.5 Å². The molecule has 0 aliphatic carbocycles. The molecule has 0 saturated carbocycles. The summed E-state index contributed by atoms with van der Waals surface area (Å²) in [5.41, 5.74) is 0.875. The standard InChI is InChI=1S/C15H17NO5/c1-3-4-14(17)21-10(2)15(18)16-8-11-5-6-12-13(7-11)20-9-19-12/h3-7,10H,8-9H2,1-2H3,(H,16,18)/b4-3+. The summed E-state index contributed by atoms with van der Waals surface area (Å²) in [6.45, 7) is 3.76. The van der Waals surface area contributed by atoms with E-state index < -0.39 is 12.1 Å². The molecule has 1 aliphatic heterocycles. The van der Waals surface area contributed by atoms with Crippen LogP contribution in [0.1, 0.15) is 19.4 Å². The summed E-state index contributed by atoms with van der Waals surface area (Å²) in [5, 5.41) is 2.70. The largest absolute Gasteiger partial charge is 0.454 e. The van der Waals surface area contributed by atoms with Crippen LogP contribution in [0.3, 0.4) is 0 Å². The summed E-state index contributed by atoms with van der Waals surface area (Å²) < 4.78 is 15.4. The van der Waals surface area contributed by atoms with Gasteiger partial charge in [-0.1, -0.05) is 12.1 Å². The Morgan fingerprint density at radius 1 is 1.38 bits per heavy atom. The first-order valence-corrected chi connectivity index (χ1v) is 6.59. The average Bonchev–Trinajstić information content (AvgIpc) is 2.92. The van der Waals surface area contributed by atoms with Crippen LogP contribution in [0.4, 0.5) is 0 Å². The fraction of sp³-hybridized carbons (Fsp3) is 0.333. The average molecular weight is 291 g/mol. The molecular formula is C15H17NO5. The van der Waals surface area contributed by atoms with Gasteiger partial charge in [-0.05, 0) is 31.5 Å². The van der Waals surface area contributed by atoms with E-state index in [0.717, 1.165) is 5.56 Å². The van der Waals surface area contributed by atoms with Crippen molar-refractivity contribution >= 4 is 11.9 Å². The van der Waals surface area contributed by atoms with Crippen LogP contribution < -0.4 is 14.8 Å². The number of esters is 1. The lowest BCUT2D eigenvalue weighted by atomic mass is 10.2. The van der Waals surface area contributed by atoms with Gasteiger partial charge in [-0.2, -0.15) is 0 Å². The van der Waals surface area contributed by atoms with Crippen LogP contribution in [-0.4, -0.2) is 24.8 Å². The molecule has 6 heteroatoms.